The summed E-state index contributed by atoms with van der Waals surface area (Å²) in [6.45, 7) is 5.90. The molecule has 1 aromatic heterocycles. The maximum atomic E-state index is 10.0. The number of rotatable bonds is 4. The molecule has 1 fully saturated rings. The minimum Gasteiger partial charge on any atom is -0.390 e. The average molecular weight is 349 g/mol. The summed E-state index contributed by atoms with van der Waals surface area (Å²) in [4.78, 5) is 2.36. The van der Waals surface area contributed by atoms with Crippen molar-refractivity contribution in [3.63, 3.8) is 0 Å². The zero-order chi connectivity index (χ0) is 12.3. The van der Waals surface area contributed by atoms with Gasteiger partial charge in [-0.15, -0.1) is 0 Å². The Kier molecular flexibility index (Phi) is 4.81. The Morgan fingerprint density at radius 1 is 1.47 bits per heavy atom. The highest BCUT2D eigenvalue weighted by Gasteiger charge is 2.18. The van der Waals surface area contributed by atoms with E-state index in [9.17, 15) is 5.11 Å². The normalized spacial score (nSPS) is 20.6. The van der Waals surface area contributed by atoms with Crippen molar-refractivity contribution >= 4 is 22.6 Å². The lowest BCUT2D eigenvalue weighted by molar-refractivity contribution is 0.0777. The van der Waals surface area contributed by atoms with Crippen LogP contribution in [-0.2, 0) is 6.54 Å². The van der Waals surface area contributed by atoms with Gasteiger partial charge in [0.1, 0.15) is 0 Å². The molecule has 0 spiro atoms. The van der Waals surface area contributed by atoms with Gasteiger partial charge in [0.05, 0.1) is 22.4 Å². The van der Waals surface area contributed by atoms with Crippen molar-refractivity contribution in [1.82, 2.24) is 14.7 Å². The summed E-state index contributed by atoms with van der Waals surface area (Å²) in [6, 6.07) is 0. The van der Waals surface area contributed by atoms with Crippen LogP contribution in [0.15, 0.2) is 12.4 Å². The number of nitrogens with zero attached hydrogens (tertiary/aromatic N) is 3. The first-order chi connectivity index (χ1) is 8.13. The molecule has 5 heteroatoms. The molecule has 17 heavy (non-hydrogen) atoms. The highest BCUT2D eigenvalue weighted by atomic mass is 127. The van der Waals surface area contributed by atoms with E-state index in [2.05, 4.69) is 39.5 Å². The summed E-state index contributed by atoms with van der Waals surface area (Å²) < 4.78 is 2.93. The van der Waals surface area contributed by atoms with E-state index in [1.54, 1.807) is 0 Å². The number of aliphatic hydroxyl groups is 1. The Morgan fingerprint density at radius 3 is 2.76 bits per heavy atom. The highest BCUT2D eigenvalue weighted by molar-refractivity contribution is 14.1. The number of likely N-dealkylation sites (tertiary alicyclic amines) is 1. The second-order valence-electron chi connectivity index (χ2n) is 5.02. The summed E-state index contributed by atoms with van der Waals surface area (Å²) in [6.07, 6.45) is 5.97. The van der Waals surface area contributed by atoms with Crippen LogP contribution >= 0.6 is 22.6 Å². The van der Waals surface area contributed by atoms with Crippen LogP contribution in [0.1, 0.15) is 19.8 Å². The molecule has 0 bridgehead atoms. The third-order valence-electron chi connectivity index (χ3n) is 3.34. The van der Waals surface area contributed by atoms with Crippen molar-refractivity contribution in [1.29, 1.82) is 0 Å². The Hall–Kier alpha value is -0.140. The van der Waals surface area contributed by atoms with E-state index in [-0.39, 0.29) is 6.10 Å². The lowest BCUT2D eigenvalue weighted by Gasteiger charge is -2.31. The number of halogens is 1. The standard InChI is InChI=1S/C12H20IN3O/c1-10-2-4-15(5-3-10)8-12(17)9-16-7-11(13)6-14-16/h6-7,10,12,17H,2-5,8-9H2,1H3/t12-/m1/s1. The molecule has 2 heterocycles. The lowest BCUT2D eigenvalue weighted by Crippen LogP contribution is -2.39. The Morgan fingerprint density at radius 2 is 2.18 bits per heavy atom. The lowest BCUT2D eigenvalue weighted by atomic mass is 9.99. The average Bonchev–Trinajstić information content (AvgIpc) is 2.67. The minimum atomic E-state index is -0.320. The second-order valence-corrected chi connectivity index (χ2v) is 6.26. The molecule has 1 aromatic rings. The molecule has 0 unspecified atom stereocenters. The van der Waals surface area contributed by atoms with Gasteiger partial charge in [-0.2, -0.15) is 5.10 Å². The maximum absolute atomic E-state index is 10.0. The molecular weight excluding hydrogens is 329 g/mol. The first-order valence-corrected chi connectivity index (χ1v) is 7.29. The predicted molar refractivity (Wildman–Crippen MR) is 75.8 cm³/mol. The second kappa shape index (κ2) is 6.15. The number of hydrogen-bond acceptors (Lipinski definition) is 3. The smallest absolute Gasteiger partial charge is 0.0862 e. The third-order valence-corrected chi connectivity index (χ3v) is 3.90. The zero-order valence-electron chi connectivity index (χ0n) is 10.2. The molecule has 0 aromatic carbocycles. The van der Waals surface area contributed by atoms with Crippen LogP contribution in [0, 0.1) is 9.49 Å². The van der Waals surface area contributed by atoms with E-state index in [0.29, 0.717) is 6.54 Å². The number of β-amino-alcohol motifs (C(OH)–C–C–N with tert-alkyl or cyclic N) is 1. The number of aliphatic hydroxyl groups excluding tert-OH is 1. The summed E-state index contributed by atoms with van der Waals surface area (Å²) in [5.41, 5.74) is 0. The van der Waals surface area contributed by atoms with Gasteiger partial charge in [0.2, 0.25) is 0 Å². The van der Waals surface area contributed by atoms with E-state index >= 15 is 0 Å². The largest absolute Gasteiger partial charge is 0.390 e. The van der Waals surface area contributed by atoms with Crippen LogP contribution in [0.4, 0.5) is 0 Å². The van der Waals surface area contributed by atoms with Gasteiger partial charge in [0.25, 0.3) is 0 Å². The topological polar surface area (TPSA) is 41.3 Å². The van der Waals surface area contributed by atoms with E-state index in [1.165, 1.54) is 12.8 Å². The molecule has 1 aliphatic rings. The summed E-state index contributed by atoms with van der Waals surface area (Å²) in [5.74, 6) is 0.844. The van der Waals surface area contributed by atoms with Crippen LogP contribution in [0.25, 0.3) is 0 Å². The SMILES string of the molecule is CC1CCN(C[C@@H](O)Cn2cc(I)cn2)CC1. The molecule has 0 amide bonds. The van der Waals surface area contributed by atoms with E-state index in [0.717, 1.165) is 29.1 Å². The van der Waals surface area contributed by atoms with Crippen molar-refractivity contribution in [3.05, 3.63) is 16.0 Å². The first kappa shape index (κ1) is 13.3. The van der Waals surface area contributed by atoms with Crippen molar-refractivity contribution in [2.75, 3.05) is 19.6 Å². The van der Waals surface area contributed by atoms with E-state index in [4.69, 9.17) is 0 Å². The fourth-order valence-corrected chi connectivity index (χ4v) is 2.70. The molecule has 0 aliphatic carbocycles. The van der Waals surface area contributed by atoms with Gasteiger partial charge >= 0.3 is 0 Å². The summed E-state index contributed by atoms with van der Waals surface area (Å²) in [7, 11) is 0. The van der Waals surface area contributed by atoms with Crippen molar-refractivity contribution < 1.29 is 5.11 Å². The molecule has 0 radical (unpaired) electrons. The predicted octanol–water partition coefficient (Wildman–Crippen LogP) is 1.58. The van der Waals surface area contributed by atoms with Gasteiger partial charge in [0, 0.05) is 12.7 Å². The zero-order valence-corrected chi connectivity index (χ0v) is 12.4. The highest BCUT2D eigenvalue weighted by Crippen LogP contribution is 2.16. The van der Waals surface area contributed by atoms with E-state index < -0.39 is 0 Å². The summed E-state index contributed by atoms with van der Waals surface area (Å²) in [5, 5.41) is 14.2. The van der Waals surface area contributed by atoms with Crippen LogP contribution in [0.5, 0.6) is 0 Å². The molecule has 0 saturated carbocycles. The summed E-state index contributed by atoms with van der Waals surface area (Å²) >= 11 is 2.23. The Balaban J connectivity index is 1.75. The molecule has 4 nitrogen and oxygen atoms in total. The van der Waals surface area contributed by atoms with Gasteiger partial charge in [-0.3, -0.25) is 4.68 Å². The van der Waals surface area contributed by atoms with E-state index in [1.807, 2.05) is 17.1 Å². The van der Waals surface area contributed by atoms with Gasteiger partial charge in [-0.1, -0.05) is 6.92 Å². The molecule has 1 atom stereocenters. The monoisotopic (exact) mass is 349 g/mol. The van der Waals surface area contributed by atoms with Crippen molar-refractivity contribution in [2.24, 2.45) is 5.92 Å². The Labute approximate surface area is 116 Å². The third kappa shape index (κ3) is 4.22. The first-order valence-electron chi connectivity index (χ1n) is 6.22. The van der Waals surface area contributed by atoms with Crippen LogP contribution < -0.4 is 0 Å². The van der Waals surface area contributed by atoms with Gasteiger partial charge < -0.3 is 10.0 Å². The van der Waals surface area contributed by atoms with Gasteiger partial charge in [-0.05, 0) is 54.4 Å². The fourth-order valence-electron chi connectivity index (χ4n) is 2.25. The number of hydrogen-bond donors (Lipinski definition) is 1. The molecule has 2 rings (SSSR count). The Bertz CT molecular complexity index is 347. The number of aromatic nitrogens is 2. The van der Waals surface area contributed by atoms with Crippen molar-refractivity contribution in [2.45, 2.75) is 32.4 Å². The quantitative estimate of drug-likeness (QED) is 0.840. The molecular formula is C12H20IN3O. The van der Waals surface area contributed by atoms with Gasteiger partial charge in [-0.25, -0.2) is 0 Å². The minimum absolute atomic E-state index is 0.320. The molecule has 1 N–H and O–H groups in total. The van der Waals surface area contributed by atoms with Gasteiger partial charge in [0.15, 0.2) is 0 Å². The maximum Gasteiger partial charge on any atom is 0.0862 e. The van der Waals surface area contributed by atoms with Crippen molar-refractivity contribution in [3.8, 4) is 0 Å². The number of piperidine rings is 1. The van der Waals surface area contributed by atoms with Crippen LogP contribution in [0.3, 0.4) is 0 Å². The molecule has 1 saturated heterocycles. The van der Waals surface area contributed by atoms with Crippen LogP contribution in [0.2, 0.25) is 0 Å². The fraction of sp³-hybridized carbons (Fsp3) is 0.750. The molecule has 1 aliphatic heterocycles. The molecule has 96 valence electrons. The van der Waals surface area contributed by atoms with Crippen LogP contribution in [-0.4, -0.2) is 45.5 Å².